The van der Waals surface area contributed by atoms with Crippen LogP contribution >= 0.6 is 0 Å². The predicted octanol–water partition coefficient (Wildman–Crippen LogP) is 2.23. The first-order valence-electron chi connectivity index (χ1n) is 9.02. The molecule has 1 aliphatic heterocycles. The van der Waals surface area contributed by atoms with Crippen LogP contribution in [0.25, 0.3) is 0 Å². The van der Waals surface area contributed by atoms with Gasteiger partial charge in [0.15, 0.2) is 5.96 Å². The summed E-state index contributed by atoms with van der Waals surface area (Å²) in [5.74, 6) is 0.906. The number of hydrogen-bond donors (Lipinski definition) is 2. The Balaban J connectivity index is 2.11. The van der Waals surface area contributed by atoms with E-state index in [1.54, 1.807) is 7.11 Å². The van der Waals surface area contributed by atoms with Gasteiger partial charge in [0.2, 0.25) is 0 Å². The molecule has 0 radical (unpaired) electrons. The molecule has 0 aromatic rings. The summed E-state index contributed by atoms with van der Waals surface area (Å²) in [4.78, 5) is 7.26. The van der Waals surface area contributed by atoms with Crippen molar-refractivity contribution < 1.29 is 4.74 Å². The lowest BCUT2D eigenvalue weighted by Gasteiger charge is -2.26. The fraction of sp³-hybridized carbons (Fsp3) is 0.941. The molecular weight excluding hydrogens is 276 g/mol. The molecule has 1 rings (SSSR count). The Labute approximate surface area is 136 Å². The van der Waals surface area contributed by atoms with Gasteiger partial charge in [-0.2, -0.15) is 0 Å². The summed E-state index contributed by atoms with van der Waals surface area (Å²) in [6.07, 6.45) is 7.95. The summed E-state index contributed by atoms with van der Waals surface area (Å²) in [5.41, 5.74) is 0. The zero-order valence-electron chi connectivity index (χ0n) is 14.9. The van der Waals surface area contributed by atoms with Crippen LogP contribution in [0.1, 0.15) is 52.4 Å². The fourth-order valence-electron chi connectivity index (χ4n) is 2.84. The van der Waals surface area contributed by atoms with Crippen LogP contribution in [0.4, 0.5) is 0 Å². The molecule has 1 saturated heterocycles. The third-order valence-corrected chi connectivity index (χ3v) is 4.00. The topological polar surface area (TPSA) is 48.9 Å². The van der Waals surface area contributed by atoms with E-state index in [1.165, 1.54) is 58.2 Å². The van der Waals surface area contributed by atoms with Crippen LogP contribution in [0, 0.1) is 0 Å². The second kappa shape index (κ2) is 12.7. The Morgan fingerprint density at radius 1 is 1.18 bits per heavy atom. The van der Waals surface area contributed by atoms with Crippen molar-refractivity contribution in [1.82, 2.24) is 15.5 Å². The van der Waals surface area contributed by atoms with Gasteiger partial charge in [-0.05, 0) is 59.2 Å². The molecule has 0 aliphatic carbocycles. The second-order valence-corrected chi connectivity index (χ2v) is 6.22. The number of aliphatic imine (C=N–C) groups is 1. The second-order valence-electron chi connectivity index (χ2n) is 6.22. The van der Waals surface area contributed by atoms with Crippen LogP contribution in [0.5, 0.6) is 0 Å². The lowest BCUT2D eigenvalue weighted by molar-refractivity contribution is 0.179. The molecule has 1 aliphatic rings. The van der Waals surface area contributed by atoms with Gasteiger partial charge in [-0.3, -0.25) is 4.99 Å². The average Bonchev–Trinajstić information content (AvgIpc) is 2.52. The van der Waals surface area contributed by atoms with Crippen molar-refractivity contribution in [2.45, 2.75) is 58.4 Å². The van der Waals surface area contributed by atoms with E-state index in [0.29, 0.717) is 6.61 Å². The van der Waals surface area contributed by atoms with Crippen molar-refractivity contribution in [1.29, 1.82) is 0 Å². The molecule has 130 valence electrons. The monoisotopic (exact) mass is 312 g/mol. The van der Waals surface area contributed by atoms with Gasteiger partial charge in [0.1, 0.15) is 0 Å². The van der Waals surface area contributed by atoms with Gasteiger partial charge in [-0.1, -0.05) is 12.8 Å². The van der Waals surface area contributed by atoms with E-state index in [2.05, 4.69) is 34.4 Å². The maximum atomic E-state index is 5.15. The summed E-state index contributed by atoms with van der Waals surface area (Å²) in [6, 6.07) is 0.280. The minimum atomic E-state index is 0.280. The van der Waals surface area contributed by atoms with Gasteiger partial charge in [0.25, 0.3) is 0 Å². The van der Waals surface area contributed by atoms with Crippen LogP contribution in [0.3, 0.4) is 0 Å². The fourth-order valence-corrected chi connectivity index (χ4v) is 2.84. The zero-order valence-corrected chi connectivity index (χ0v) is 14.9. The van der Waals surface area contributed by atoms with Crippen molar-refractivity contribution in [3.05, 3.63) is 0 Å². The first kappa shape index (κ1) is 19.2. The van der Waals surface area contributed by atoms with Gasteiger partial charge in [0, 0.05) is 26.2 Å². The van der Waals surface area contributed by atoms with Gasteiger partial charge in [-0.15, -0.1) is 0 Å². The number of unbranched alkanes of at least 4 members (excludes halogenated alkanes) is 2. The van der Waals surface area contributed by atoms with E-state index in [9.17, 15) is 0 Å². The Hall–Kier alpha value is -0.810. The highest BCUT2D eigenvalue weighted by Crippen LogP contribution is 2.09. The molecule has 0 aromatic carbocycles. The summed E-state index contributed by atoms with van der Waals surface area (Å²) < 4.78 is 5.15. The van der Waals surface area contributed by atoms with Crippen molar-refractivity contribution in [3.8, 4) is 0 Å². The molecular formula is C17H36N4O. The number of hydrogen-bond acceptors (Lipinski definition) is 3. The molecule has 5 heteroatoms. The highest BCUT2D eigenvalue weighted by Gasteiger charge is 2.08. The van der Waals surface area contributed by atoms with Crippen LogP contribution in [0.15, 0.2) is 4.99 Å². The molecule has 5 nitrogen and oxygen atoms in total. The summed E-state index contributed by atoms with van der Waals surface area (Å²) in [7, 11) is 1.73. The first-order valence-corrected chi connectivity index (χ1v) is 9.02. The Morgan fingerprint density at radius 3 is 2.64 bits per heavy atom. The van der Waals surface area contributed by atoms with Gasteiger partial charge < -0.3 is 20.3 Å². The maximum absolute atomic E-state index is 5.15. The van der Waals surface area contributed by atoms with Crippen LogP contribution in [0.2, 0.25) is 0 Å². The van der Waals surface area contributed by atoms with E-state index in [1.807, 2.05) is 0 Å². The molecule has 1 fully saturated rings. The molecule has 0 aromatic heterocycles. The number of guanidine groups is 1. The average molecular weight is 313 g/mol. The molecule has 0 spiro atoms. The number of methoxy groups -OCH3 is 1. The highest BCUT2D eigenvalue weighted by molar-refractivity contribution is 5.80. The highest BCUT2D eigenvalue weighted by atomic mass is 16.5. The number of nitrogens with zero attached hydrogens (tertiary/aromatic N) is 2. The summed E-state index contributed by atoms with van der Waals surface area (Å²) in [5, 5.41) is 6.66. The standard InChI is InChI=1S/C17H36N4O/c1-4-18-17(20-16(2)15-22-3)19-11-7-5-8-12-21-13-9-6-10-14-21/h16H,4-15H2,1-3H3,(H2,18,19,20). The molecule has 0 saturated carbocycles. The summed E-state index contributed by atoms with van der Waals surface area (Å²) in [6.45, 7) is 10.6. The van der Waals surface area contributed by atoms with Gasteiger partial charge in [-0.25, -0.2) is 0 Å². The maximum Gasteiger partial charge on any atom is 0.191 e. The minimum absolute atomic E-state index is 0.280. The van der Waals surface area contributed by atoms with Crippen molar-refractivity contribution in [2.75, 3.05) is 46.4 Å². The third kappa shape index (κ3) is 9.26. The van der Waals surface area contributed by atoms with E-state index in [-0.39, 0.29) is 6.04 Å². The molecule has 22 heavy (non-hydrogen) atoms. The van der Waals surface area contributed by atoms with E-state index in [4.69, 9.17) is 4.74 Å². The zero-order chi connectivity index (χ0) is 16.0. The Kier molecular flexibility index (Phi) is 11.1. The Morgan fingerprint density at radius 2 is 1.95 bits per heavy atom. The van der Waals surface area contributed by atoms with Crippen molar-refractivity contribution >= 4 is 5.96 Å². The number of nitrogens with one attached hydrogen (secondary N) is 2. The lowest BCUT2D eigenvalue weighted by atomic mass is 10.1. The van der Waals surface area contributed by atoms with E-state index in [0.717, 1.165) is 19.0 Å². The lowest BCUT2D eigenvalue weighted by Crippen LogP contribution is -2.44. The van der Waals surface area contributed by atoms with E-state index >= 15 is 0 Å². The third-order valence-electron chi connectivity index (χ3n) is 4.00. The quantitative estimate of drug-likeness (QED) is 0.369. The van der Waals surface area contributed by atoms with E-state index < -0.39 is 0 Å². The Bertz CT molecular complexity index is 290. The van der Waals surface area contributed by atoms with Crippen LogP contribution in [-0.4, -0.2) is 63.3 Å². The van der Waals surface area contributed by atoms with Crippen molar-refractivity contribution in [3.63, 3.8) is 0 Å². The molecule has 1 atom stereocenters. The van der Waals surface area contributed by atoms with Gasteiger partial charge in [0.05, 0.1) is 6.61 Å². The minimum Gasteiger partial charge on any atom is -0.383 e. The largest absolute Gasteiger partial charge is 0.383 e. The van der Waals surface area contributed by atoms with Crippen LogP contribution < -0.4 is 10.6 Å². The summed E-state index contributed by atoms with van der Waals surface area (Å²) >= 11 is 0. The molecule has 0 amide bonds. The normalized spacial score (nSPS) is 18.2. The number of ether oxygens (including phenoxy) is 1. The molecule has 1 heterocycles. The first-order chi connectivity index (χ1) is 10.8. The van der Waals surface area contributed by atoms with Crippen LogP contribution in [-0.2, 0) is 4.74 Å². The van der Waals surface area contributed by atoms with Crippen molar-refractivity contribution in [2.24, 2.45) is 4.99 Å². The number of piperidine rings is 1. The smallest absolute Gasteiger partial charge is 0.191 e. The number of likely N-dealkylation sites (tertiary alicyclic amines) is 1. The molecule has 1 unspecified atom stereocenters. The SMILES string of the molecule is CCNC(=NCCCCCN1CCCCC1)NC(C)COC. The van der Waals surface area contributed by atoms with Gasteiger partial charge >= 0.3 is 0 Å². The molecule has 0 bridgehead atoms. The predicted molar refractivity (Wildman–Crippen MR) is 94.6 cm³/mol. The number of rotatable bonds is 10. The molecule has 2 N–H and O–H groups in total.